The van der Waals surface area contributed by atoms with E-state index in [-0.39, 0.29) is 23.1 Å². The standard InChI is InChI=1S/C38H41FN6O3/c1-38(2,3)44-16-14-43(15-17-44)28-10-11-34(40-21-28)41-32-20-27(22-42(4)36(32)47)29-6-5-7-33(30(29)23-46)45-13-12-25-18-26(24-8-9-24)19-31(39)35(25)37(45)48/h5-7,10-13,18-22,24,46H,8-9,14-17,23H2,1-4H3,(H,40,41). The number of pyridine rings is 3. The van der Waals surface area contributed by atoms with E-state index in [0.29, 0.717) is 45.2 Å². The van der Waals surface area contributed by atoms with Gasteiger partial charge in [0.1, 0.15) is 17.3 Å². The molecule has 9 nitrogen and oxygen atoms in total. The van der Waals surface area contributed by atoms with Gasteiger partial charge in [0.25, 0.3) is 11.1 Å². The number of benzene rings is 2. The highest BCUT2D eigenvalue weighted by atomic mass is 19.1. The number of hydrogen-bond acceptors (Lipinski definition) is 7. The molecule has 1 saturated heterocycles. The first-order valence-electron chi connectivity index (χ1n) is 16.5. The van der Waals surface area contributed by atoms with Crippen molar-refractivity contribution in [3.8, 4) is 16.8 Å². The molecule has 2 aliphatic rings. The number of aryl methyl sites for hydroxylation is 1. The van der Waals surface area contributed by atoms with Crippen molar-refractivity contribution >= 4 is 28.0 Å². The number of nitrogens with one attached hydrogen (secondary N) is 1. The van der Waals surface area contributed by atoms with Crippen LogP contribution in [0.3, 0.4) is 0 Å². The van der Waals surface area contributed by atoms with Gasteiger partial charge in [-0.1, -0.05) is 18.2 Å². The van der Waals surface area contributed by atoms with Gasteiger partial charge in [-0.2, -0.15) is 0 Å². The molecule has 1 aliphatic carbocycles. The van der Waals surface area contributed by atoms with E-state index in [0.717, 1.165) is 50.3 Å². The predicted molar refractivity (Wildman–Crippen MR) is 189 cm³/mol. The Morgan fingerprint density at radius 2 is 1.75 bits per heavy atom. The first-order valence-corrected chi connectivity index (χ1v) is 16.5. The number of hydrogen-bond donors (Lipinski definition) is 2. The minimum atomic E-state index is -0.533. The van der Waals surface area contributed by atoms with Gasteiger partial charge in [-0.15, -0.1) is 0 Å². The summed E-state index contributed by atoms with van der Waals surface area (Å²) in [6, 6.07) is 16.1. The Morgan fingerprint density at radius 3 is 2.42 bits per heavy atom. The summed E-state index contributed by atoms with van der Waals surface area (Å²) in [5.41, 5.74) is 3.91. The topological polar surface area (TPSA) is 95.6 Å². The number of aliphatic hydroxyl groups excluding tert-OH is 1. The molecule has 7 rings (SSSR count). The maximum absolute atomic E-state index is 15.3. The molecular weight excluding hydrogens is 607 g/mol. The summed E-state index contributed by atoms with van der Waals surface area (Å²) >= 11 is 0. The van der Waals surface area contributed by atoms with Crippen LogP contribution < -0.4 is 21.3 Å². The summed E-state index contributed by atoms with van der Waals surface area (Å²) < 4.78 is 18.1. The molecule has 2 aromatic carbocycles. The van der Waals surface area contributed by atoms with Gasteiger partial charge >= 0.3 is 0 Å². The van der Waals surface area contributed by atoms with Crippen molar-refractivity contribution in [2.24, 2.45) is 7.05 Å². The number of nitrogens with zero attached hydrogens (tertiary/aromatic N) is 5. The molecule has 0 amide bonds. The van der Waals surface area contributed by atoms with Crippen molar-refractivity contribution in [1.82, 2.24) is 19.0 Å². The van der Waals surface area contributed by atoms with E-state index in [1.807, 2.05) is 30.5 Å². The third-order valence-corrected chi connectivity index (χ3v) is 9.70. The second-order valence-corrected chi connectivity index (χ2v) is 13.9. The first-order chi connectivity index (χ1) is 23.0. The summed E-state index contributed by atoms with van der Waals surface area (Å²) in [5, 5.41) is 14.4. The molecule has 1 aliphatic heterocycles. The molecule has 1 saturated carbocycles. The van der Waals surface area contributed by atoms with Crippen LogP contribution in [0.15, 0.2) is 82.8 Å². The third-order valence-electron chi connectivity index (χ3n) is 9.70. The van der Waals surface area contributed by atoms with E-state index in [4.69, 9.17) is 0 Å². The highest BCUT2D eigenvalue weighted by Gasteiger charge is 2.27. The summed E-state index contributed by atoms with van der Waals surface area (Å²) in [6.45, 7) is 10.1. The molecular formula is C38H41FN6O3. The molecule has 48 heavy (non-hydrogen) atoms. The van der Waals surface area contributed by atoms with Crippen molar-refractivity contribution in [3.05, 3.63) is 111 Å². The van der Waals surface area contributed by atoms with Gasteiger partial charge in [-0.05, 0) is 92.4 Å². The first kappa shape index (κ1) is 31.8. The zero-order valence-corrected chi connectivity index (χ0v) is 27.8. The number of fused-ring (bicyclic) bond motifs is 1. The number of piperazine rings is 1. The zero-order chi connectivity index (χ0) is 33.7. The van der Waals surface area contributed by atoms with Crippen LogP contribution in [-0.2, 0) is 13.7 Å². The van der Waals surface area contributed by atoms with Crippen LogP contribution in [-0.4, -0.2) is 55.8 Å². The summed E-state index contributed by atoms with van der Waals surface area (Å²) in [6.07, 6.45) is 7.23. The molecule has 248 valence electrons. The molecule has 0 spiro atoms. The van der Waals surface area contributed by atoms with E-state index in [1.165, 1.54) is 15.2 Å². The number of aliphatic hydroxyl groups is 1. The molecule has 5 aromatic rings. The van der Waals surface area contributed by atoms with Crippen molar-refractivity contribution < 1.29 is 9.50 Å². The fraction of sp³-hybridized carbons (Fsp3) is 0.342. The van der Waals surface area contributed by atoms with Crippen LogP contribution >= 0.6 is 0 Å². The number of anilines is 3. The van der Waals surface area contributed by atoms with Crippen LogP contribution in [0.2, 0.25) is 0 Å². The van der Waals surface area contributed by atoms with Gasteiger partial charge in [0, 0.05) is 62.3 Å². The van der Waals surface area contributed by atoms with Crippen LogP contribution in [0.4, 0.5) is 21.6 Å². The Kier molecular flexibility index (Phi) is 8.17. The Bertz CT molecular complexity index is 2120. The molecule has 0 bridgehead atoms. The van der Waals surface area contributed by atoms with Crippen LogP contribution in [0, 0.1) is 5.82 Å². The Balaban J connectivity index is 1.18. The maximum Gasteiger partial charge on any atom is 0.274 e. The summed E-state index contributed by atoms with van der Waals surface area (Å²) in [4.78, 5) is 36.3. The monoisotopic (exact) mass is 648 g/mol. The molecule has 3 aromatic heterocycles. The normalized spacial score (nSPS) is 15.7. The third kappa shape index (κ3) is 6.02. The average molecular weight is 649 g/mol. The molecule has 4 heterocycles. The Morgan fingerprint density at radius 1 is 0.979 bits per heavy atom. The maximum atomic E-state index is 15.3. The predicted octanol–water partition coefficient (Wildman–Crippen LogP) is 5.92. The smallest absolute Gasteiger partial charge is 0.274 e. The fourth-order valence-corrected chi connectivity index (χ4v) is 6.80. The largest absolute Gasteiger partial charge is 0.392 e. The minimum Gasteiger partial charge on any atom is -0.392 e. The average Bonchev–Trinajstić information content (AvgIpc) is 3.92. The van der Waals surface area contributed by atoms with Gasteiger partial charge in [0.2, 0.25) is 0 Å². The Hall–Kier alpha value is -4.80. The number of rotatable bonds is 7. The van der Waals surface area contributed by atoms with Crippen molar-refractivity contribution in [2.45, 2.75) is 51.7 Å². The lowest BCUT2D eigenvalue weighted by molar-refractivity contribution is 0.128. The van der Waals surface area contributed by atoms with E-state index in [1.54, 1.807) is 43.7 Å². The van der Waals surface area contributed by atoms with Gasteiger partial charge in [0.05, 0.1) is 29.6 Å². The highest BCUT2D eigenvalue weighted by Crippen LogP contribution is 2.41. The quantitative estimate of drug-likeness (QED) is 0.226. The van der Waals surface area contributed by atoms with Crippen LogP contribution in [0.1, 0.15) is 50.7 Å². The second kappa shape index (κ2) is 12.3. The molecule has 0 atom stereocenters. The lowest BCUT2D eigenvalue weighted by atomic mass is 9.98. The molecule has 2 fully saturated rings. The molecule has 0 radical (unpaired) electrons. The summed E-state index contributed by atoms with van der Waals surface area (Å²) in [5.74, 6) is 0.362. The Labute approximate surface area is 278 Å². The summed E-state index contributed by atoms with van der Waals surface area (Å²) in [7, 11) is 1.67. The van der Waals surface area contributed by atoms with E-state index < -0.39 is 11.4 Å². The lowest BCUT2D eigenvalue weighted by Gasteiger charge is -2.42. The molecule has 10 heteroatoms. The van der Waals surface area contributed by atoms with Crippen molar-refractivity contribution in [3.63, 3.8) is 0 Å². The second-order valence-electron chi connectivity index (χ2n) is 13.9. The molecule has 2 N–H and O–H groups in total. The van der Waals surface area contributed by atoms with Crippen LogP contribution in [0.25, 0.3) is 27.6 Å². The highest BCUT2D eigenvalue weighted by molar-refractivity contribution is 5.84. The lowest BCUT2D eigenvalue weighted by Crippen LogP contribution is -2.53. The van der Waals surface area contributed by atoms with E-state index >= 15 is 4.39 Å². The number of aromatic nitrogens is 3. The van der Waals surface area contributed by atoms with Gasteiger partial charge in [0.15, 0.2) is 0 Å². The fourth-order valence-electron chi connectivity index (χ4n) is 6.80. The number of halogens is 1. The van der Waals surface area contributed by atoms with Crippen molar-refractivity contribution in [2.75, 3.05) is 36.4 Å². The zero-order valence-electron chi connectivity index (χ0n) is 27.8. The van der Waals surface area contributed by atoms with E-state index in [2.05, 4.69) is 40.9 Å². The SMILES string of the molecule is Cn1cc(-c2cccc(-n3ccc4cc(C5CC5)cc(F)c4c3=O)c2CO)cc(Nc2ccc(N3CCN(C(C)(C)C)CC3)cn2)c1=O. The van der Waals surface area contributed by atoms with Crippen molar-refractivity contribution in [1.29, 1.82) is 0 Å². The van der Waals surface area contributed by atoms with E-state index in [9.17, 15) is 14.7 Å². The minimum absolute atomic E-state index is 0.0236. The van der Waals surface area contributed by atoms with Crippen LogP contribution in [0.5, 0.6) is 0 Å². The molecule has 0 unspecified atom stereocenters. The van der Waals surface area contributed by atoms with Gasteiger partial charge in [-0.3, -0.25) is 19.1 Å². The van der Waals surface area contributed by atoms with Gasteiger partial charge < -0.3 is 19.9 Å². The van der Waals surface area contributed by atoms with Gasteiger partial charge in [-0.25, -0.2) is 9.37 Å².